The monoisotopic (exact) mass is 319 g/mol. The van der Waals surface area contributed by atoms with E-state index in [9.17, 15) is 18.4 Å². The molecule has 1 N–H and O–H groups in total. The van der Waals surface area contributed by atoms with Gasteiger partial charge < -0.3 is 9.88 Å². The molecule has 0 spiro atoms. The van der Waals surface area contributed by atoms with Crippen LogP contribution in [0.3, 0.4) is 0 Å². The molecule has 5 nitrogen and oxygen atoms in total. The number of aromatic amines is 1. The third-order valence-corrected chi connectivity index (χ3v) is 4.00. The van der Waals surface area contributed by atoms with Gasteiger partial charge in [-0.05, 0) is 18.1 Å². The minimum Gasteiger partial charge on any atom is -0.338 e. The van der Waals surface area contributed by atoms with E-state index in [1.807, 2.05) is 0 Å². The predicted octanol–water partition coefficient (Wildman–Crippen LogP) is 1.57. The highest BCUT2D eigenvalue weighted by molar-refractivity contribution is 5.76. The third-order valence-electron chi connectivity index (χ3n) is 4.00. The number of hydrogen-bond donors (Lipinski definition) is 1. The molecule has 0 bridgehead atoms. The number of nitrogens with one attached hydrogen (secondary N) is 1. The standard InChI is InChI=1S/C16H15F2N3O2/c17-12-3-1-2-10(15(12)18)4-5-14(22)21-7-6-13-11(8-21)16(23)20-9-19-13/h1-3,9H,4-8H2,(H,19,20,23). The van der Waals surface area contributed by atoms with E-state index in [1.165, 1.54) is 18.5 Å². The van der Waals surface area contributed by atoms with Crippen molar-refractivity contribution in [3.05, 3.63) is 63.3 Å². The van der Waals surface area contributed by atoms with E-state index in [1.54, 1.807) is 4.90 Å². The molecule has 0 saturated carbocycles. The van der Waals surface area contributed by atoms with Gasteiger partial charge in [0.15, 0.2) is 11.6 Å². The lowest BCUT2D eigenvalue weighted by Crippen LogP contribution is -2.39. The maximum Gasteiger partial charge on any atom is 0.255 e. The summed E-state index contributed by atoms with van der Waals surface area (Å²) < 4.78 is 26.7. The van der Waals surface area contributed by atoms with Crippen LogP contribution in [0.4, 0.5) is 8.78 Å². The van der Waals surface area contributed by atoms with Gasteiger partial charge in [-0.2, -0.15) is 0 Å². The Kier molecular flexibility index (Phi) is 4.18. The Balaban J connectivity index is 1.67. The van der Waals surface area contributed by atoms with Crippen LogP contribution in [-0.2, 0) is 24.2 Å². The van der Waals surface area contributed by atoms with Gasteiger partial charge in [0.1, 0.15) is 0 Å². The summed E-state index contributed by atoms with van der Waals surface area (Å²) in [5.41, 5.74) is 1.12. The number of aryl methyl sites for hydroxylation is 1. The molecular formula is C16H15F2N3O2. The molecule has 2 aromatic rings. The van der Waals surface area contributed by atoms with Crippen molar-refractivity contribution in [1.29, 1.82) is 0 Å². The van der Waals surface area contributed by atoms with Gasteiger partial charge in [-0.15, -0.1) is 0 Å². The fourth-order valence-corrected chi connectivity index (χ4v) is 2.71. The second kappa shape index (κ2) is 6.28. The molecule has 120 valence electrons. The Morgan fingerprint density at radius 2 is 2.17 bits per heavy atom. The molecule has 1 aromatic carbocycles. The number of hydrogen-bond acceptors (Lipinski definition) is 3. The van der Waals surface area contributed by atoms with Crippen LogP contribution in [0.15, 0.2) is 29.3 Å². The first-order valence-electron chi connectivity index (χ1n) is 7.32. The zero-order valence-electron chi connectivity index (χ0n) is 12.3. The Morgan fingerprint density at radius 3 is 3.00 bits per heavy atom. The van der Waals surface area contributed by atoms with Gasteiger partial charge in [-0.3, -0.25) is 9.59 Å². The van der Waals surface area contributed by atoms with Crippen LogP contribution in [0.5, 0.6) is 0 Å². The van der Waals surface area contributed by atoms with E-state index < -0.39 is 11.6 Å². The summed E-state index contributed by atoms with van der Waals surface area (Å²) in [6.45, 7) is 0.664. The lowest BCUT2D eigenvalue weighted by molar-refractivity contribution is -0.132. The molecule has 0 saturated heterocycles. The van der Waals surface area contributed by atoms with Crippen molar-refractivity contribution in [2.75, 3.05) is 6.54 Å². The first kappa shape index (κ1) is 15.3. The van der Waals surface area contributed by atoms with E-state index in [0.29, 0.717) is 24.2 Å². The van der Waals surface area contributed by atoms with Crippen LogP contribution >= 0.6 is 0 Å². The summed E-state index contributed by atoms with van der Waals surface area (Å²) in [4.78, 5) is 32.2. The first-order valence-corrected chi connectivity index (χ1v) is 7.32. The lowest BCUT2D eigenvalue weighted by atomic mass is 10.0. The average Bonchev–Trinajstić information content (AvgIpc) is 2.56. The van der Waals surface area contributed by atoms with E-state index in [-0.39, 0.29) is 36.4 Å². The molecule has 1 aliphatic rings. The number of nitrogens with zero attached hydrogens (tertiary/aromatic N) is 2. The SMILES string of the molecule is O=C(CCc1cccc(F)c1F)N1CCc2nc[nH]c(=O)c2C1. The van der Waals surface area contributed by atoms with Gasteiger partial charge in [0.25, 0.3) is 5.56 Å². The van der Waals surface area contributed by atoms with Gasteiger partial charge in [-0.1, -0.05) is 12.1 Å². The summed E-state index contributed by atoms with van der Waals surface area (Å²) in [6, 6.07) is 3.92. The van der Waals surface area contributed by atoms with Crippen molar-refractivity contribution in [3.8, 4) is 0 Å². The number of amides is 1. The van der Waals surface area contributed by atoms with E-state index in [0.717, 1.165) is 6.07 Å². The Labute approximate surface area is 131 Å². The van der Waals surface area contributed by atoms with Crippen molar-refractivity contribution >= 4 is 5.91 Å². The molecule has 0 aliphatic carbocycles. The summed E-state index contributed by atoms with van der Waals surface area (Å²) in [5, 5.41) is 0. The zero-order chi connectivity index (χ0) is 16.4. The van der Waals surface area contributed by atoms with Crippen molar-refractivity contribution in [3.63, 3.8) is 0 Å². The van der Waals surface area contributed by atoms with Crippen LogP contribution < -0.4 is 5.56 Å². The molecule has 0 radical (unpaired) electrons. The highest BCUT2D eigenvalue weighted by atomic mass is 19.2. The van der Waals surface area contributed by atoms with Crippen LogP contribution in [0.25, 0.3) is 0 Å². The quantitative estimate of drug-likeness (QED) is 0.934. The van der Waals surface area contributed by atoms with Crippen LogP contribution in [0.2, 0.25) is 0 Å². The number of benzene rings is 1. The number of fused-ring (bicyclic) bond motifs is 1. The second-order valence-corrected chi connectivity index (χ2v) is 5.44. The van der Waals surface area contributed by atoms with Gasteiger partial charge in [0.05, 0.1) is 24.1 Å². The Morgan fingerprint density at radius 1 is 1.35 bits per heavy atom. The van der Waals surface area contributed by atoms with Crippen LogP contribution in [0, 0.1) is 11.6 Å². The summed E-state index contributed by atoms with van der Waals surface area (Å²) in [7, 11) is 0. The fourth-order valence-electron chi connectivity index (χ4n) is 2.71. The van der Waals surface area contributed by atoms with Crippen molar-refractivity contribution in [2.45, 2.75) is 25.8 Å². The zero-order valence-corrected chi connectivity index (χ0v) is 12.3. The number of rotatable bonds is 3. The molecule has 0 atom stereocenters. The molecule has 1 aliphatic heterocycles. The highest BCUT2D eigenvalue weighted by Gasteiger charge is 2.23. The molecule has 3 rings (SSSR count). The smallest absolute Gasteiger partial charge is 0.255 e. The van der Waals surface area contributed by atoms with Crippen molar-refractivity contribution in [2.24, 2.45) is 0 Å². The van der Waals surface area contributed by atoms with Crippen LogP contribution in [-0.4, -0.2) is 27.3 Å². The molecule has 0 unspecified atom stereocenters. The summed E-state index contributed by atoms with van der Waals surface area (Å²) >= 11 is 0. The van der Waals surface area contributed by atoms with Gasteiger partial charge >= 0.3 is 0 Å². The Bertz CT molecular complexity index is 804. The Hall–Kier alpha value is -2.57. The number of carbonyl (C=O) groups excluding carboxylic acids is 1. The number of halogens is 2. The summed E-state index contributed by atoms with van der Waals surface area (Å²) in [6.07, 6.45) is 2.05. The van der Waals surface area contributed by atoms with Crippen molar-refractivity contribution < 1.29 is 13.6 Å². The highest BCUT2D eigenvalue weighted by Crippen LogP contribution is 2.17. The molecule has 23 heavy (non-hydrogen) atoms. The second-order valence-electron chi connectivity index (χ2n) is 5.44. The molecule has 1 aromatic heterocycles. The maximum atomic E-state index is 13.6. The normalized spacial score (nSPS) is 13.7. The summed E-state index contributed by atoms with van der Waals surface area (Å²) in [5.74, 6) is -2.02. The van der Waals surface area contributed by atoms with Crippen LogP contribution in [0.1, 0.15) is 23.2 Å². The van der Waals surface area contributed by atoms with E-state index >= 15 is 0 Å². The number of H-pyrrole nitrogens is 1. The lowest BCUT2D eigenvalue weighted by Gasteiger charge is -2.27. The largest absolute Gasteiger partial charge is 0.338 e. The topological polar surface area (TPSA) is 66.1 Å². The average molecular weight is 319 g/mol. The van der Waals surface area contributed by atoms with Gasteiger partial charge in [0.2, 0.25) is 5.91 Å². The predicted molar refractivity (Wildman–Crippen MR) is 78.7 cm³/mol. The van der Waals surface area contributed by atoms with Gasteiger partial charge in [0, 0.05) is 19.4 Å². The molecule has 2 heterocycles. The minimum absolute atomic E-state index is 0.0634. The van der Waals surface area contributed by atoms with Crippen molar-refractivity contribution in [1.82, 2.24) is 14.9 Å². The van der Waals surface area contributed by atoms with E-state index in [2.05, 4.69) is 9.97 Å². The number of carbonyl (C=O) groups is 1. The minimum atomic E-state index is -0.917. The third kappa shape index (κ3) is 3.13. The van der Waals surface area contributed by atoms with Gasteiger partial charge in [-0.25, -0.2) is 13.8 Å². The maximum absolute atomic E-state index is 13.6. The molecular weight excluding hydrogens is 304 g/mol. The molecule has 7 heteroatoms. The number of aromatic nitrogens is 2. The molecule has 1 amide bonds. The van der Waals surface area contributed by atoms with E-state index in [4.69, 9.17) is 0 Å². The molecule has 0 fully saturated rings. The fraction of sp³-hybridized carbons (Fsp3) is 0.312. The first-order chi connectivity index (χ1) is 11.1.